The number of carbonyl (C=O) groups is 3. The van der Waals surface area contributed by atoms with Crippen molar-refractivity contribution in [1.82, 2.24) is 19.7 Å². The molecule has 8 heteroatoms. The number of rotatable bonds is 2. The number of nitrogens with zero attached hydrogens (tertiary/aromatic N) is 4. The zero-order chi connectivity index (χ0) is 17.4. The molecule has 1 aliphatic rings. The zero-order valence-corrected chi connectivity index (χ0v) is 13.5. The predicted molar refractivity (Wildman–Crippen MR) is 83.9 cm³/mol. The van der Waals surface area contributed by atoms with Crippen LogP contribution in [0.3, 0.4) is 0 Å². The SMILES string of the molecule is CN(C)C(=O)C1CN(C(=O)c2cccnc2)CCN1C.O=CO. The van der Waals surface area contributed by atoms with Crippen molar-refractivity contribution in [2.45, 2.75) is 6.04 Å². The number of carbonyl (C=O) groups excluding carboxylic acids is 2. The molecule has 2 amide bonds. The van der Waals surface area contributed by atoms with Crippen molar-refractivity contribution in [1.29, 1.82) is 0 Å². The molecule has 1 N–H and O–H groups in total. The van der Waals surface area contributed by atoms with E-state index < -0.39 is 0 Å². The number of carboxylic acid groups (broad SMARTS) is 1. The van der Waals surface area contributed by atoms with Crippen molar-refractivity contribution < 1.29 is 19.5 Å². The van der Waals surface area contributed by atoms with Gasteiger partial charge in [-0.05, 0) is 19.2 Å². The van der Waals surface area contributed by atoms with Gasteiger partial charge in [0.25, 0.3) is 12.4 Å². The van der Waals surface area contributed by atoms with Crippen molar-refractivity contribution in [3.63, 3.8) is 0 Å². The highest BCUT2D eigenvalue weighted by molar-refractivity contribution is 5.94. The van der Waals surface area contributed by atoms with Crippen LogP contribution in [0.2, 0.25) is 0 Å². The Morgan fingerprint density at radius 2 is 2.04 bits per heavy atom. The summed E-state index contributed by atoms with van der Waals surface area (Å²) < 4.78 is 0. The van der Waals surface area contributed by atoms with Crippen LogP contribution in [0.1, 0.15) is 10.4 Å². The molecule has 23 heavy (non-hydrogen) atoms. The molecule has 0 saturated carbocycles. The van der Waals surface area contributed by atoms with Gasteiger partial charge in [0.1, 0.15) is 6.04 Å². The predicted octanol–water partition coefficient (Wildman–Crippen LogP) is -0.373. The Bertz CT molecular complexity index is 536. The summed E-state index contributed by atoms with van der Waals surface area (Å²) in [6.45, 7) is 1.49. The summed E-state index contributed by atoms with van der Waals surface area (Å²) in [7, 11) is 5.38. The van der Waals surface area contributed by atoms with Gasteiger partial charge >= 0.3 is 0 Å². The first kappa shape index (κ1) is 18.6. The van der Waals surface area contributed by atoms with E-state index in [1.54, 1.807) is 48.4 Å². The molecule has 2 rings (SSSR count). The van der Waals surface area contributed by atoms with E-state index in [1.807, 2.05) is 11.9 Å². The minimum Gasteiger partial charge on any atom is -0.483 e. The second-order valence-electron chi connectivity index (χ2n) is 5.33. The van der Waals surface area contributed by atoms with E-state index >= 15 is 0 Å². The highest BCUT2D eigenvalue weighted by atomic mass is 16.3. The van der Waals surface area contributed by atoms with Gasteiger partial charge < -0.3 is 14.9 Å². The Labute approximate surface area is 135 Å². The van der Waals surface area contributed by atoms with Crippen LogP contribution in [0.5, 0.6) is 0 Å². The van der Waals surface area contributed by atoms with Gasteiger partial charge in [-0.3, -0.25) is 24.3 Å². The van der Waals surface area contributed by atoms with E-state index in [0.717, 1.165) is 0 Å². The van der Waals surface area contributed by atoms with E-state index in [0.29, 0.717) is 25.2 Å². The first-order valence-electron chi connectivity index (χ1n) is 7.11. The molecule has 1 aromatic rings. The molecular weight excluding hydrogens is 300 g/mol. The summed E-state index contributed by atoms with van der Waals surface area (Å²) >= 11 is 0. The molecule has 0 aromatic carbocycles. The quantitative estimate of drug-likeness (QED) is 0.747. The van der Waals surface area contributed by atoms with Crippen molar-refractivity contribution in [3.8, 4) is 0 Å². The molecule has 2 heterocycles. The van der Waals surface area contributed by atoms with Crippen LogP contribution < -0.4 is 0 Å². The minimum atomic E-state index is -0.278. The van der Waals surface area contributed by atoms with Crippen LogP contribution in [0, 0.1) is 0 Å². The Balaban J connectivity index is 0.000000816. The molecule has 0 bridgehead atoms. The highest BCUT2D eigenvalue weighted by Gasteiger charge is 2.33. The number of likely N-dealkylation sites (N-methyl/N-ethyl adjacent to an activating group) is 2. The van der Waals surface area contributed by atoms with Crippen LogP contribution in [0.25, 0.3) is 0 Å². The summed E-state index contributed by atoms with van der Waals surface area (Å²) in [4.78, 5) is 42.1. The average molecular weight is 322 g/mol. The maximum atomic E-state index is 12.4. The van der Waals surface area contributed by atoms with Gasteiger partial charge in [0, 0.05) is 46.1 Å². The molecule has 0 aliphatic carbocycles. The average Bonchev–Trinajstić information content (AvgIpc) is 2.55. The molecule has 0 spiro atoms. The molecule has 1 unspecified atom stereocenters. The van der Waals surface area contributed by atoms with Gasteiger partial charge in [-0.15, -0.1) is 0 Å². The summed E-state index contributed by atoms with van der Waals surface area (Å²) in [5.41, 5.74) is 0.563. The lowest BCUT2D eigenvalue weighted by atomic mass is 10.1. The molecule has 1 saturated heterocycles. The van der Waals surface area contributed by atoms with Crippen LogP contribution in [0.4, 0.5) is 0 Å². The van der Waals surface area contributed by atoms with Gasteiger partial charge in [0.2, 0.25) is 5.91 Å². The highest BCUT2D eigenvalue weighted by Crippen LogP contribution is 2.13. The molecule has 1 aromatic heterocycles. The number of aromatic nitrogens is 1. The molecule has 126 valence electrons. The normalized spacial score (nSPS) is 17.7. The van der Waals surface area contributed by atoms with Crippen molar-refractivity contribution in [3.05, 3.63) is 30.1 Å². The van der Waals surface area contributed by atoms with Crippen LogP contribution in [-0.4, -0.2) is 89.9 Å². The fourth-order valence-corrected chi connectivity index (χ4v) is 2.29. The lowest BCUT2D eigenvalue weighted by Gasteiger charge is -2.39. The third-order valence-electron chi connectivity index (χ3n) is 3.57. The third-order valence-corrected chi connectivity index (χ3v) is 3.57. The van der Waals surface area contributed by atoms with Crippen molar-refractivity contribution in [2.75, 3.05) is 40.8 Å². The third kappa shape index (κ3) is 5.03. The smallest absolute Gasteiger partial charge is 0.290 e. The lowest BCUT2D eigenvalue weighted by molar-refractivity contribution is -0.135. The first-order valence-corrected chi connectivity index (χ1v) is 7.11. The summed E-state index contributed by atoms with van der Waals surface area (Å²) in [6, 6.07) is 3.21. The molecule has 1 aliphatic heterocycles. The number of amides is 2. The Kier molecular flexibility index (Phi) is 7.14. The molecule has 0 radical (unpaired) electrons. The zero-order valence-electron chi connectivity index (χ0n) is 13.5. The molecular formula is C15H22N4O4. The van der Waals surface area contributed by atoms with Crippen LogP contribution >= 0.6 is 0 Å². The Hall–Kier alpha value is -2.48. The molecule has 8 nitrogen and oxygen atoms in total. The second-order valence-corrected chi connectivity index (χ2v) is 5.33. The maximum Gasteiger partial charge on any atom is 0.290 e. The molecule has 1 fully saturated rings. The summed E-state index contributed by atoms with van der Waals surface area (Å²) in [6.07, 6.45) is 3.20. The number of pyridine rings is 1. The van der Waals surface area contributed by atoms with E-state index in [-0.39, 0.29) is 24.3 Å². The summed E-state index contributed by atoms with van der Waals surface area (Å²) in [5.74, 6) is -0.0426. The maximum absolute atomic E-state index is 12.4. The van der Waals surface area contributed by atoms with Crippen LogP contribution in [-0.2, 0) is 9.59 Å². The summed E-state index contributed by atoms with van der Waals surface area (Å²) in [5, 5.41) is 6.89. The molecule has 1 atom stereocenters. The Morgan fingerprint density at radius 3 is 2.57 bits per heavy atom. The fourth-order valence-electron chi connectivity index (χ4n) is 2.29. The fraction of sp³-hybridized carbons (Fsp3) is 0.467. The van der Waals surface area contributed by atoms with Crippen molar-refractivity contribution >= 4 is 18.3 Å². The van der Waals surface area contributed by atoms with E-state index in [9.17, 15) is 9.59 Å². The largest absolute Gasteiger partial charge is 0.483 e. The number of hydrogen-bond acceptors (Lipinski definition) is 5. The minimum absolute atomic E-state index is 0.0242. The van der Waals surface area contributed by atoms with Gasteiger partial charge in [0.05, 0.1) is 5.56 Å². The number of piperazine rings is 1. The van der Waals surface area contributed by atoms with Gasteiger partial charge in [-0.2, -0.15) is 0 Å². The monoisotopic (exact) mass is 322 g/mol. The standard InChI is InChI=1S/C14H20N4O2.CH2O2/c1-16(2)14(20)12-10-18(8-7-17(12)3)13(19)11-5-4-6-15-9-11;2-1-3/h4-6,9,12H,7-8,10H2,1-3H3;1H,(H,2,3). The second kappa shape index (κ2) is 8.84. The van der Waals surface area contributed by atoms with Crippen LogP contribution in [0.15, 0.2) is 24.5 Å². The van der Waals surface area contributed by atoms with Gasteiger partial charge in [0.15, 0.2) is 0 Å². The van der Waals surface area contributed by atoms with E-state index in [4.69, 9.17) is 9.90 Å². The van der Waals surface area contributed by atoms with Crippen molar-refractivity contribution in [2.24, 2.45) is 0 Å². The van der Waals surface area contributed by atoms with Gasteiger partial charge in [-0.1, -0.05) is 0 Å². The van der Waals surface area contributed by atoms with E-state index in [1.165, 1.54) is 0 Å². The first-order chi connectivity index (χ1) is 10.9. The van der Waals surface area contributed by atoms with Gasteiger partial charge in [-0.25, -0.2) is 0 Å². The lowest BCUT2D eigenvalue weighted by Crippen LogP contribution is -2.58. The number of hydrogen-bond donors (Lipinski definition) is 1. The Morgan fingerprint density at radius 1 is 1.39 bits per heavy atom. The topological polar surface area (TPSA) is 94.1 Å². The van der Waals surface area contributed by atoms with E-state index in [2.05, 4.69) is 4.98 Å².